The van der Waals surface area contributed by atoms with Gasteiger partial charge in [-0.2, -0.15) is 11.8 Å². The van der Waals surface area contributed by atoms with E-state index >= 15 is 0 Å². The van der Waals surface area contributed by atoms with Gasteiger partial charge in [-0.1, -0.05) is 6.92 Å². The summed E-state index contributed by atoms with van der Waals surface area (Å²) in [5.74, 6) is 2.65. The Kier molecular flexibility index (Phi) is 5.83. The minimum atomic E-state index is 0.792. The van der Waals surface area contributed by atoms with E-state index < -0.39 is 0 Å². The highest BCUT2D eigenvalue weighted by molar-refractivity contribution is 7.99. The molecule has 0 bridgehead atoms. The van der Waals surface area contributed by atoms with E-state index in [2.05, 4.69) is 35.8 Å². The van der Waals surface area contributed by atoms with Gasteiger partial charge in [-0.05, 0) is 33.0 Å². The maximum Gasteiger partial charge on any atom is 0.0158 e. The van der Waals surface area contributed by atoms with E-state index in [4.69, 9.17) is 0 Å². The van der Waals surface area contributed by atoms with Crippen LogP contribution in [-0.4, -0.2) is 48.6 Å². The first-order chi connectivity index (χ1) is 6.34. The molecular formula is C10H22N2S. The lowest BCUT2D eigenvalue weighted by Crippen LogP contribution is -2.41. The molecule has 0 aromatic heterocycles. The number of nitrogens with one attached hydrogen (secondary N) is 1. The molecule has 2 nitrogen and oxygen atoms in total. The van der Waals surface area contributed by atoms with Gasteiger partial charge < -0.3 is 5.32 Å². The van der Waals surface area contributed by atoms with Gasteiger partial charge in [-0.3, -0.25) is 4.90 Å². The van der Waals surface area contributed by atoms with E-state index in [0.29, 0.717) is 0 Å². The normalized spacial score (nSPS) is 24.9. The molecule has 1 unspecified atom stereocenters. The van der Waals surface area contributed by atoms with Crippen LogP contribution in [0.5, 0.6) is 0 Å². The topological polar surface area (TPSA) is 15.3 Å². The zero-order chi connectivity index (χ0) is 9.52. The van der Waals surface area contributed by atoms with E-state index in [0.717, 1.165) is 12.6 Å². The second-order valence-corrected chi connectivity index (χ2v) is 4.82. The van der Waals surface area contributed by atoms with Gasteiger partial charge in [0.1, 0.15) is 0 Å². The van der Waals surface area contributed by atoms with Gasteiger partial charge in [0.05, 0.1) is 0 Å². The van der Waals surface area contributed by atoms with Crippen molar-refractivity contribution in [2.75, 3.05) is 37.7 Å². The molecule has 0 amide bonds. The number of hydrogen-bond acceptors (Lipinski definition) is 3. The maximum atomic E-state index is 3.37. The molecule has 1 aliphatic rings. The van der Waals surface area contributed by atoms with Crippen LogP contribution in [0.3, 0.4) is 0 Å². The highest BCUT2D eigenvalue weighted by Crippen LogP contribution is 2.15. The molecule has 0 aliphatic carbocycles. The Morgan fingerprint density at radius 3 is 3.08 bits per heavy atom. The summed E-state index contributed by atoms with van der Waals surface area (Å²) in [4.78, 5) is 2.62. The standard InChI is InChI=1S/C10H22N2S/c1-3-11-5-4-6-12-7-8-13-9-10(12)2/h10-11H,3-9H2,1-2H3. The zero-order valence-corrected chi connectivity index (χ0v) is 9.70. The molecule has 0 radical (unpaired) electrons. The lowest BCUT2D eigenvalue weighted by Gasteiger charge is -2.32. The predicted octanol–water partition coefficient (Wildman–Crippen LogP) is 1.42. The van der Waals surface area contributed by atoms with Gasteiger partial charge in [0.2, 0.25) is 0 Å². The second kappa shape index (κ2) is 6.68. The van der Waals surface area contributed by atoms with Crippen LogP contribution in [0.25, 0.3) is 0 Å². The Labute approximate surface area is 86.5 Å². The quantitative estimate of drug-likeness (QED) is 0.679. The molecule has 1 aliphatic heterocycles. The number of hydrogen-bond donors (Lipinski definition) is 1. The van der Waals surface area contributed by atoms with Crippen molar-refractivity contribution < 1.29 is 0 Å². The third-order valence-corrected chi connectivity index (χ3v) is 3.74. The summed E-state index contributed by atoms with van der Waals surface area (Å²) < 4.78 is 0. The third-order valence-electron chi connectivity index (χ3n) is 2.55. The molecule has 3 heteroatoms. The molecular weight excluding hydrogens is 180 g/mol. The molecule has 1 rings (SSSR count). The monoisotopic (exact) mass is 202 g/mol. The van der Waals surface area contributed by atoms with Crippen molar-refractivity contribution in [3.63, 3.8) is 0 Å². The van der Waals surface area contributed by atoms with Crippen LogP contribution in [0.15, 0.2) is 0 Å². The molecule has 0 spiro atoms. The Bertz CT molecular complexity index is 130. The summed E-state index contributed by atoms with van der Waals surface area (Å²) in [6.45, 7) is 9.35. The van der Waals surface area contributed by atoms with Gasteiger partial charge in [0.15, 0.2) is 0 Å². The van der Waals surface area contributed by atoms with Crippen molar-refractivity contribution in [3.8, 4) is 0 Å². The van der Waals surface area contributed by atoms with Crippen LogP contribution in [0.2, 0.25) is 0 Å². The van der Waals surface area contributed by atoms with E-state index in [-0.39, 0.29) is 0 Å². The lowest BCUT2D eigenvalue weighted by molar-refractivity contribution is 0.229. The van der Waals surface area contributed by atoms with Gasteiger partial charge in [0, 0.05) is 24.1 Å². The van der Waals surface area contributed by atoms with Crippen LogP contribution < -0.4 is 5.32 Å². The average Bonchev–Trinajstić information content (AvgIpc) is 2.15. The largest absolute Gasteiger partial charge is 0.317 e. The van der Waals surface area contributed by atoms with Crippen molar-refractivity contribution in [3.05, 3.63) is 0 Å². The first-order valence-corrected chi connectivity index (χ1v) is 6.52. The summed E-state index contributed by atoms with van der Waals surface area (Å²) >= 11 is 2.09. The molecule has 0 saturated carbocycles. The third kappa shape index (κ3) is 4.34. The molecule has 0 aromatic carbocycles. The number of nitrogens with zero attached hydrogens (tertiary/aromatic N) is 1. The zero-order valence-electron chi connectivity index (χ0n) is 8.88. The second-order valence-electron chi connectivity index (χ2n) is 3.67. The molecule has 13 heavy (non-hydrogen) atoms. The Morgan fingerprint density at radius 1 is 1.54 bits per heavy atom. The first kappa shape index (κ1) is 11.3. The summed E-state index contributed by atoms with van der Waals surface area (Å²) in [6.07, 6.45) is 1.29. The Hall–Kier alpha value is 0.270. The number of thioether (sulfide) groups is 1. The van der Waals surface area contributed by atoms with E-state index in [1.54, 1.807) is 0 Å². The van der Waals surface area contributed by atoms with E-state index in [1.165, 1.54) is 37.6 Å². The molecule has 0 aromatic rings. The van der Waals surface area contributed by atoms with Gasteiger partial charge in [0.25, 0.3) is 0 Å². The van der Waals surface area contributed by atoms with Crippen molar-refractivity contribution in [2.24, 2.45) is 0 Å². The Morgan fingerprint density at radius 2 is 2.38 bits per heavy atom. The average molecular weight is 202 g/mol. The number of rotatable bonds is 5. The van der Waals surface area contributed by atoms with Crippen LogP contribution in [0, 0.1) is 0 Å². The first-order valence-electron chi connectivity index (χ1n) is 5.37. The fraction of sp³-hybridized carbons (Fsp3) is 1.00. The SMILES string of the molecule is CCNCCCN1CCSCC1C. The van der Waals surface area contributed by atoms with Crippen molar-refractivity contribution in [1.82, 2.24) is 10.2 Å². The molecule has 1 atom stereocenters. The van der Waals surface area contributed by atoms with Crippen molar-refractivity contribution >= 4 is 11.8 Å². The van der Waals surface area contributed by atoms with Crippen LogP contribution in [0.4, 0.5) is 0 Å². The summed E-state index contributed by atoms with van der Waals surface area (Å²) in [5.41, 5.74) is 0. The fourth-order valence-electron chi connectivity index (χ4n) is 1.68. The van der Waals surface area contributed by atoms with Gasteiger partial charge in [-0.25, -0.2) is 0 Å². The van der Waals surface area contributed by atoms with Gasteiger partial charge >= 0.3 is 0 Å². The molecule has 78 valence electrons. The summed E-state index contributed by atoms with van der Waals surface area (Å²) in [5, 5.41) is 3.37. The van der Waals surface area contributed by atoms with Crippen LogP contribution >= 0.6 is 11.8 Å². The summed E-state index contributed by atoms with van der Waals surface area (Å²) in [6, 6.07) is 0.792. The molecule has 1 N–H and O–H groups in total. The summed E-state index contributed by atoms with van der Waals surface area (Å²) in [7, 11) is 0. The predicted molar refractivity (Wildman–Crippen MR) is 61.5 cm³/mol. The van der Waals surface area contributed by atoms with E-state index in [9.17, 15) is 0 Å². The van der Waals surface area contributed by atoms with Crippen molar-refractivity contribution in [2.45, 2.75) is 26.3 Å². The van der Waals surface area contributed by atoms with Gasteiger partial charge in [-0.15, -0.1) is 0 Å². The smallest absolute Gasteiger partial charge is 0.0158 e. The highest BCUT2D eigenvalue weighted by Gasteiger charge is 2.17. The maximum absolute atomic E-state index is 3.37. The highest BCUT2D eigenvalue weighted by atomic mass is 32.2. The minimum absolute atomic E-state index is 0.792. The molecule has 1 heterocycles. The molecule has 1 saturated heterocycles. The van der Waals surface area contributed by atoms with E-state index in [1.807, 2.05) is 0 Å². The minimum Gasteiger partial charge on any atom is -0.317 e. The van der Waals surface area contributed by atoms with Crippen LogP contribution in [-0.2, 0) is 0 Å². The lowest BCUT2D eigenvalue weighted by atomic mass is 10.3. The molecule has 1 fully saturated rings. The Balaban J connectivity index is 2.05. The fourth-order valence-corrected chi connectivity index (χ4v) is 2.76. The van der Waals surface area contributed by atoms with Crippen LogP contribution in [0.1, 0.15) is 20.3 Å². The van der Waals surface area contributed by atoms with Crippen molar-refractivity contribution in [1.29, 1.82) is 0 Å².